The maximum atomic E-state index is 10.4. The Balaban J connectivity index is 3.48. The highest BCUT2D eigenvalue weighted by Crippen LogP contribution is 2.10. The SMILES string of the molecule is CCC(C)(O)CNCCC(C)CCC(=O)O. The van der Waals surface area contributed by atoms with E-state index in [9.17, 15) is 9.90 Å². The monoisotopic (exact) mass is 231 g/mol. The van der Waals surface area contributed by atoms with Gasteiger partial charge < -0.3 is 15.5 Å². The Bertz CT molecular complexity index is 204. The van der Waals surface area contributed by atoms with Gasteiger partial charge in [-0.3, -0.25) is 4.79 Å². The summed E-state index contributed by atoms with van der Waals surface area (Å²) in [5, 5.41) is 21.4. The minimum Gasteiger partial charge on any atom is -0.481 e. The molecule has 96 valence electrons. The number of aliphatic hydroxyl groups is 1. The van der Waals surface area contributed by atoms with Gasteiger partial charge in [-0.2, -0.15) is 0 Å². The molecule has 3 N–H and O–H groups in total. The van der Waals surface area contributed by atoms with E-state index in [0.29, 0.717) is 12.5 Å². The van der Waals surface area contributed by atoms with Crippen molar-refractivity contribution >= 4 is 5.97 Å². The third-order valence-electron chi connectivity index (χ3n) is 2.93. The van der Waals surface area contributed by atoms with Crippen LogP contribution in [0.5, 0.6) is 0 Å². The molecule has 0 amide bonds. The number of hydrogen-bond acceptors (Lipinski definition) is 3. The van der Waals surface area contributed by atoms with Crippen LogP contribution < -0.4 is 5.32 Å². The highest BCUT2D eigenvalue weighted by molar-refractivity contribution is 5.66. The maximum Gasteiger partial charge on any atom is 0.303 e. The molecule has 0 heterocycles. The van der Waals surface area contributed by atoms with Gasteiger partial charge in [0, 0.05) is 13.0 Å². The number of carboxylic acid groups (broad SMARTS) is 1. The lowest BCUT2D eigenvalue weighted by atomic mass is 10.0. The van der Waals surface area contributed by atoms with Crippen LogP contribution in [0.3, 0.4) is 0 Å². The van der Waals surface area contributed by atoms with Crippen LogP contribution in [-0.2, 0) is 4.79 Å². The van der Waals surface area contributed by atoms with Crippen molar-refractivity contribution < 1.29 is 15.0 Å². The summed E-state index contributed by atoms with van der Waals surface area (Å²) < 4.78 is 0. The third-order valence-corrected chi connectivity index (χ3v) is 2.93. The molecule has 0 aromatic carbocycles. The Morgan fingerprint density at radius 2 is 2.06 bits per heavy atom. The normalized spacial score (nSPS) is 16.8. The molecule has 0 radical (unpaired) electrons. The largest absolute Gasteiger partial charge is 0.481 e. The van der Waals surface area contributed by atoms with Gasteiger partial charge in [-0.1, -0.05) is 13.8 Å². The summed E-state index contributed by atoms with van der Waals surface area (Å²) in [6, 6.07) is 0. The molecular weight excluding hydrogens is 206 g/mol. The summed E-state index contributed by atoms with van der Waals surface area (Å²) in [5.74, 6) is -0.316. The van der Waals surface area contributed by atoms with Gasteiger partial charge in [0.05, 0.1) is 5.60 Å². The van der Waals surface area contributed by atoms with Crippen LogP contribution in [0.15, 0.2) is 0 Å². The second-order valence-electron chi connectivity index (χ2n) is 4.85. The number of carbonyl (C=O) groups is 1. The van der Waals surface area contributed by atoms with E-state index in [1.54, 1.807) is 0 Å². The lowest BCUT2D eigenvalue weighted by molar-refractivity contribution is -0.137. The van der Waals surface area contributed by atoms with Crippen LogP contribution in [0.25, 0.3) is 0 Å². The summed E-state index contributed by atoms with van der Waals surface area (Å²) >= 11 is 0. The average Bonchev–Trinajstić information content (AvgIpc) is 2.21. The second-order valence-corrected chi connectivity index (χ2v) is 4.85. The van der Waals surface area contributed by atoms with Gasteiger partial charge >= 0.3 is 5.97 Å². The van der Waals surface area contributed by atoms with Crippen LogP contribution in [0.4, 0.5) is 0 Å². The van der Waals surface area contributed by atoms with Crippen LogP contribution >= 0.6 is 0 Å². The lowest BCUT2D eigenvalue weighted by Crippen LogP contribution is -2.37. The molecule has 0 aliphatic rings. The van der Waals surface area contributed by atoms with Crippen LogP contribution in [0.2, 0.25) is 0 Å². The molecule has 4 heteroatoms. The Morgan fingerprint density at radius 1 is 1.44 bits per heavy atom. The third kappa shape index (κ3) is 8.68. The van der Waals surface area contributed by atoms with E-state index < -0.39 is 11.6 Å². The predicted molar refractivity (Wildman–Crippen MR) is 64.4 cm³/mol. The van der Waals surface area contributed by atoms with Gasteiger partial charge in [0.25, 0.3) is 0 Å². The zero-order valence-corrected chi connectivity index (χ0v) is 10.6. The standard InChI is InChI=1S/C12H25NO3/c1-4-12(3,16)9-13-8-7-10(2)5-6-11(14)15/h10,13,16H,4-9H2,1-3H3,(H,14,15). The highest BCUT2D eigenvalue weighted by atomic mass is 16.4. The number of carboxylic acids is 1. The molecule has 2 unspecified atom stereocenters. The molecule has 0 aliphatic heterocycles. The van der Waals surface area contributed by atoms with Gasteiger partial charge in [-0.25, -0.2) is 0 Å². The first-order valence-corrected chi connectivity index (χ1v) is 6.02. The number of rotatable bonds is 9. The van der Waals surface area contributed by atoms with E-state index in [2.05, 4.69) is 12.2 Å². The van der Waals surface area contributed by atoms with E-state index in [1.807, 2.05) is 13.8 Å². The molecule has 0 rings (SSSR count). The minimum atomic E-state index is -0.728. The van der Waals surface area contributed by atoms with E-state index in [-0.39, 0.29) is 6.42 Å². The van der Waals surface area contributed by atoms with E-state index >= 15 is 0 Å². The van der Waals surface area contributed by atoms with Gasteiger partial charge in [-0.15, -0.1) is 0 Å². The topological polar surface area (TPSA) is 69.6 Å². The molecule has 0 saturated heterocycles. The van der Waals surface area contributed by atoms with E-state index in [1.165, 1.54) is 0 Å². The quantitative estimate of drug-likeness (QED) is 0.527. The first-order chi connectivity index (χ1) is 7.37. The fourth-order valence-corrected chi connectivity index (χ4v) is 1.35. The Kier molecular flexibility index (Phi) is 7.34. The van der Waals surface area contributed by atoms with Crippen LogP contribution in [0, 0.1) is 5.92 Å². The number of aliphatic carboxylic acids is 1. The molecule has 16 heavy (non-hydrogen) atoms. The number of nitrogens with one attached hydrogen (secondary N) is 1. The van der Waals surface area contributed by atoms with Crippen molar-refractivity contribution in [2.24, 2.45) is 5.92 Å². The van der Waals surface area contributed by atoms with Crippen molar-refractivity contribution in [3.05, 3.63) is 0 Å². The molecule has 0 aromatic rings. The minimum absolute atomic E-state index is 0.244. The maximum absolute atomic E-state index is 10.4. The Labute approximate surface area is 98.1 Å². The summed E-state index contributed by atoms with van der Waals surface area (Å²) in [5.41, 5.74) is -0.635. The first kappa shape index (κ1) is 15.4. The zero-order valence-electron chi connectivity index (χ0n) is 10.6. The van der Waals surface area contributed by atoms with Gasteiger partial charge in [0.1, 0.15) is 0 Å². The molecule has 0 saturated carbocycles. The van der Waals surface area contributed by atoms with Crippen molar-refractivity contribution in [3.8, 4) is 0 Å². The Morgan fingerprint density at radius 3 is 2.56 bits per heavy atom. The van der Waals surface area contributed by atoms with Crippen molar-refractivity contribution in [3.63, 3.8) is 0 Å². The van der Waals surface area contributed by atoms with Gasteiger partial charge in [0.15, 0.2) is 0 Å². The molecule has 4 nitrogen and oxygen atoms in total. The van der Waals surface area contributed by atoms with Crippen molar-refractivity contribution in [2.75, 3.05) is 13.1 Å². The highest BCUT2D eigenvalue weighted by Gasteiger charge is 2.16. The summed E-state index contributed by atoms with van der Waals surface area (Å²) in [7, 11) is 0. The fourth-order valence-electron chi connectivity index (χ4n) is 1.35. The lowest BCUT2D eigenvalue weighted by Gasteiger charge is -2.22. The predicted octanol–water partition coefficient (Wildman–Crippen LogP) is 1.63. The summed E-state index contributed by atoms with van der Waals surface area (Å²) in [4.78, 5) is 10.4. The van der Waals surface area contributed by atoms with E-state index in [0.717, 1.165) is 25.8 Å². The molecule has 2 atom stereocenters. The molecule has 0 fully saturated rings. The van der Waals surface area contributed by atoms with Crippen molar-refractivity contribution in [1.82, 2.24) is 5.32 Å². The van der Waals surface area contributed by atoms with Crippen LogP contribution in [0.1, 0.15) is 46.5 Å². The molecule has 0 spiro atoms. The van der Waals surface area contributed by atoms with Crippen molar-refractivity contribution in [1.29, 1.82) is 0 Å². The zero-order chi connectivity index (χ0) is 12.6. The Hall–Kier alpha value is -0.610. The molecule has 0 aromatic heterocycles. The smallest absolute Gasteiger partial charge is 0.303 e. The molecule has 0 aliphatic carbocycles. The van der Waals surface area contributed by atoms with Gasteiger partial charge in [0.2, 0.25) is 0 Å². The summed E-state index contributed by atoms with van der Waals surface area (Å²) in [6.45, 7) is 7.25. The first-order valence-electron chi connectivity index (χ1n) is 6.02. The average molecular weight is 231 g/mol. The molecule has 0 bridgehead atoms. The number of hydrogen-bond donors (Lipinski definition) is 3. The second kappa shape index (κ2) is 7.63. The van der Waals surface area contributed by atoms with Crippen LogP contribution in [-0.4, -0.2) is 34.9 Å². The summed E-state index contributed by atoms with van der Waals surface area (Å²) in [6.07, 6.45) is 2.65. The van der Waals surface area contributed by atoms with E-state index in [4.69, 9.17) is 5.11 Å². The van der Waals surface area contributed by atoms with Crippen molar-refractivity contribution in [2.45, 2.75) is 52.1 Å². The molecular formula is C12H25NO3. The van der Waals surface area contributed by atoms with Gasteiger partial charge in [-0.05, 0) is 38.6 Å². The fraction of sp³-hybridized carbons (Fsp3) is 0.917.